The van der Waals surface area contributed by atoms with E-state index in [-0.39, 0.29) is 6.04 Å². The predicted octanol–water partition coefficient (Wildman–Crippen LogP) is 4.15. The number of aromatic nitrogens is 1. The average Bonchev–Trinajstić information content (AvgIpc) is 2.51. The van der Waals surface area contributed by atoms with E-state index in [1.165, 1.54) is 3.57 Å². The highest BCUT2D eigenvalue weighted by molar-refractivity contribution is 14.1. The lowest BCUT2D eigenvalue weighted by atomic mass is 9.99. The van der Waals surface area contributed by atoms with Gasteiger partial charge in [0, 0.05) is 19.6 Å². The van der Waals surface area contributed by atoms with Gasteiger partial charge in [-0.25, -0.2) is 5.43 Å². The first-order valence-electron chi connectivity index (χ1n) is 6.45. The van der Waals surface area contributed by atoms with E-state index < -0.39 is 0 Å². The fourth-order valence-electron chi connectivity index (χ4n) is 2.35. The Kier molecular flexibility index (Phi) is 4.54. The summed E-state index contributed by atoms with van der Waals surface area (Å²) >= 11 is 5.90. The third kappa shape index (κ3) is 3.11. The van der Waals surface area contributed by atoms with Crippen molar-refractivity contribution < 1.29 is 0 Å². The summed E-state index contributed by atoms with van der Waals surface area (Å²) in [4.78, 5) is 4.51. The van der Waals surface area contributed by atoms with Crippen LogP contribution in [-0.4, -0.2) is 4.98 Å². The smallest absolute Gasteiger partial charge is 0.0736 e. The van der Waals surface area contributed by atoms with Crippen LogP contribution in [-0.2, 0) is 0 Å². The molecule has 3 N–H and O–H groups in total. The molecule has 1 aromatic heterocycles. The number of pyridine rings is 1. The van der Waals surface area contributed by atoms with Crippen molar-refractivity contribution in [3.63, 3.8) is 0 Å². The van der Waals surface area contributed by atoms with Crippen LogP contribution in [0.15, 0.2) is 59.2 Å². The minimum Gasteiger partial charge on any atom is -0.271 e. The number of nitrogens with zero attached hydrogens (tertiary/aromatic N) is 1. The molecular formula is C16H13BrIN3. The molecule has 106 valence electrons. The van der Waals surface area contributed by atoms with Crippen molar-refractivity contribution >= 4 is 49.4 Å². The molecule has 0 saturated carbocycles. The highest BCUT2D eigenvalue weighted by Gasteiger charge is 2.16. The van der Waals surface area contributed by atoms with Gasteiger partial charge < -0.3 is 0 Å². The lowest BCUT2D eigenvalue weighted by molar-refractivity contribution is 0.633. The summed E-state index contributed by atoms with van der Waals surface area (Å²) in [6.07, 6.45) is 1.87. The number of hydrogen-bond donors (Lipinski definition) is 2. The molecule has 0 amide bonds. The molecular weight excluding hydrogens is 441 g/mol. The highest BCUT2D eigenvalue weighted by Crippen LogP contribution is 2.30. The summed E-state index contributed by atoms with van der Waals surface area (Å²) in [7, 11) is 0. The fourth-order valence-corrected chi connectivity index (χ4v) is 3.34. The molecule has 1 heterocycles. The monoisotopic (exact) mass is 453 g/mol. The number of nitrogens with one attached hydrogen (secondary N) is 1. The summed E-state index contributed by atoms with van der Waals surface area (Å²) in [6, 6.07) is 16.3. The van der Waals surface area contributed by atoms with E-state index in [1.807, 2.05) is 30.5 Å². The zero-order chi connectivity index (χ0) is 14.8. The number of hydrogen-bond acceptors (Lipinski definition) is 3. The summed E-state index contributed by atoms with van der Waals surface area (Å²) in [5, 5.41) is 1.11. The fraction of sp³-hybridized carbons (Fsp3) is 0.0625. The first kappa shape index (κ1) is 14.9. The van der Waals surface area contributed by atoms with Crippen molar-refractivity contribution in [2.24, 2.45) is 5.84 Å². The molecule has 0 aliphatic rings. The van der Waals surface area contributed by atoms with Gasteiger partial charge in [-0.15, -0.1) is 0 Å². The molecule has 0 aliphatic carbocycles. The van der Waals surface area contributed by atoms with Crippen LogP contribution < -0.4 is 11.3 Å². The van der Waals surface area contributed by atoms with E-state index >= 15 is 0 Å². The first-order chi connectivity index (χ1) is 10.2. The molecule has 3 rings (SSSR count). The second-order valence-electron chi connectivity index (χ2n) is 4.73. The number of benzene rings is 2. The van der Waals surface area contributed by atoms with E-state index in [9.17, 15) is 0 Å². The van der Waals surface area contributed by atoms with Crippen LogP contribution in [0, 0.1) is 3.57 Å². The topological polar surface area (TPSA) is 50.9 Å². The maximum absolute atomic E-state index is 5.80. The van der Waals surface area contributed by atoms with Gasteiger partial charge in [-0.3, -0.25) is 10.8 Å². The highest BCUT2D eigenvalue weighted by atomic mass is 127. The summed E-state index contributed by atoms with van der Waals surface area (Å²) in [6.45, 7) is 0. The Morgan fingerprint density at radius 1 is 1.14 bits per heavy atom. The van der Waals surface area contributed by atoms with Crippen molar-refractivity contribution in [3.8, 4) is 0 Å². The van der Waals surface area contributed by atoms with Crippen LogP contribution in [0.25, 0.3) is 10.9 Å². The van der Waals surface area contributed by atoms with Gasteiger partial charge in [-0.2, -0.15) is 0 Å². The van der Waals surface area contributed by atoms with Crippen molar-refractivity contribution in [1.29, 1.82) is 0 Å². The molecule has 2 aromatic carbocycles. The molecule has 0 fully saturated rings. The zero-order valence-corrected chi connectivity index (χ0v) is 14.8. The summed E-state index contributed by atoms with van der Waals surface area (Å²) in [5.41, 5.74) is 6.02. The average molecular weight is 454 g/mol. The minimum atomic E-state index is -0.105. The Morgan fingerprint density at radius 2 is 1.95 bits per heavy atom. The van der Waals surface area contributed by atoms with Crippen molar-refractivity contribution in [2.45, 2.75) is 6.04 Å². The van der Waals surface area contributed by atoms with Gasteiger partial charge in [0.2, 0.25) is 0 Å². The van der Waals surface area contributed by atoms with Gasteiger partial charge in [0.05, 0.1) is 11.6 Å². The Labute approximate surface area is 145 Å². The van der Waals surface area contributed by atoms with Crippen LogP contribution in [0.4, 0.5) is 0 Å². The predicted molar refractivity (Wildman–Crippen MR) is 97.8 cm³/mol. The molecule has 0 bridgehead atoms. The lowest BCUT2D eigenvalue weighted by Gasteiger charge is -2.19. The molecule has 0 spiro atoms. The first-order valence-corrected chi connectivity index (χ1v) is 8.32. The largest absolute Gasteiger partial charge is 0.271 e. The number of fused-ring (bicyclic) bond motifs is 1. The van der Waals surface area contributed by atoms with Crippen LogP contribution in [0.3, 0.4) is 0 Å². The summed E-state index contributed by atoms with van der Waals surface area (Å²) < 4.78 is 2.19. The van der Waals surface area contributed by atoms with Crippen molar-refractivity contribution in [3.05, 3.63) is 73.9 Å². The molecule has 0 radical (unpaired) electrons. The Bertz CT molecular complexity index is 791. The maximum atomic E-state index is 5.80. The third-order valence-electron chi connectivity index (χ3n) is 3.38. The van der Waals surface area contributed by atoms with Crippen molar-refractivity contribution in [1.82, 2.24) is 10.4 Å². The number of halogens is 2. The molecule has 0 aliphatic heterocycles. The Hall–Kier alpha value is -1.02. The molecule has 21 heavy (non-hydrogen) atoms. The quantitative estimate of drug-likeness (QED) is 0.355. The number of rotatable bonds is 3. The van der Waals surface area contributed by atoms with Gasteiger partial charge in [0.1, 0.15) is 0 Å². The number of hydrazine groups is 1. The van der Waals surface area contributed by atoms with Crippen molar-refractivity contribution in [2.75, 3.05) is 0 Å². The SMILES string of the molecule is NNC(c1cnc2ccccc2c1)c1cc(I)ccc1Br. The minimum absolute atomic E-state index is 0.105. The van der Waals surface area contributed by atoms with E-state index in [0.717, 1.165) is 26.5 Å². The molecule has 0 saturated heterocycles. The van der Waals surface area contributed by atoms with Crippen LogP contribution >= 0.6 is 38.5 Å². The molecule has 3 aromatic rings. The number of nitrogens with two attached hydrogens (primary N) is 1. The Morgan fingerprint density at radius 3 is 2.76 bits per heavy atom. The standard InChI is InChI=1S/C16H13BrIN3/c17-14-6-5-12(18)8-13(14)16(21-19)11-7-10-3-1-2-4-15(10)20-9-11/h1-9,16,21H,19H2. The second-order valence-corrected chi connectivity index (χ2v) is 6.83. The van der Waals surface area contributed by atoms with Gasteiger partial charge in [0.15, 0.2) is 0 Å². The van der Waals surface area contributed by atoms with Gasteiger partial charge >= 0.3 is 0 Å². The number of para-hydroxylation sites is 1. The summed E-state index contributed by atoms with van der Waals surface area (Å²) in [5.74, 6) is 5.80. The normalized spacial score (nSPS) is 12.5. The third-order valence-corrected chi connectivity index (χ3v) is 4.77. The van der Waals surface area contributed by atoms with Crippen LogP contribution in [0.2, 0.25) is 0 Å². The molecule has 1 unspecified atom stereocenters. The lowest BCUT2D eigenvalue weighted by Crippen LogP contribution is -2.29. The van der Waals surface area contributed by atoms with Gasteiger partial charge in [0.25, 0.3) is 0 Å². The Balaban J connectivity index is 2.11. The van der Waals surface area contributed by atoms with Gasteiger partial charge in [-0.05, 0) is 64.0 Å². The molecule has 5 heteroatoms. The zero-order valence-electron chi connectivity index (χ0n) is 11.1. The van der Waals surface area contributed by atoms with Crippen LogP contribution in [0.1, 0.15) is 17.2 Å². The maximum Gasteiger partial charge on any atom is 0.0736 e. The second kappa shape index (κ2) is 6.39. The molecule has 3 nitrogen and oxygen atoms in total. The molecule has 1 atom stereocenters. The van der Waals surface area contributed by atoms with E-state index in [0.29, 0.717) is 0 Å². The van der Waals surface area contributed by atoms with Crippen LogP contribution in [0.5, 0.6) is 0 Å². The van der Waals surface area contributed by atoms with E-state index in [1.54, 1.807) is 0 Å². The van der Waals surface area contributed by atoms with Gasteiger partial charge in [-0.1, -0.05) is 34.1 Å². The van der Waals surface area contributed by atoms with E-state index in [2.05, 4.69) is 73.2 Å². The van der Waals surface area contributed by atoms with E-state index in [4.69, 9.17) is 5.84 Å².